The van der Waals surface area contributed by atoms with Crippen molar-refractivity contribution in [2.45, 2.75) is 18.8 Å². The number of nitrogens with one attached hydrogen (secondary N) is 1. The van der Waals surface area contributed by atoms with Crippen molar-refractivity contribution in [2.75, 3.05) is 5.32 Å². The fourth-order valence-electron chi connectivity index (χ4n) is 4.11. The van der Waals surface area contributed by atoms with Crippen molar-refractivity contribution in [3.05, 3.63) is 105 Å². The van der Waals surface area contributed by atoms with Crippen molar-refractivity contribution in [3.63, 3.8) is 0 Å². The van der Waals surface area contributed by atoms with Crippen LogP contribution in [-0.4, -0.2) is 25.7 Å². The molecule has 0 aliphatic carbocycles. The highest BCUT2D eigenvalue weighted by atomic mass is 19.1. The van der Waals surface area contributed by atoms with E-state index in [2.05, 4.69) is 26.0 Å². The Hall–Kier alpha value is -4.85. The minimum atomic E-state index is -0.908. The molecule has 0 bridgehead atoms. The van der Waals surface area contributed by atoms with Gasteiger partial charge in [-0.25, -0.2) is 13.8 Å². The van der Waals surface area contributed by atoms with Gasteiger partial charge in [-0.05, 0) is 23.3 Å². The molecule has 0 radical (unpaired) electrons. The first kappa shape index (κ1) is 24.3. The number of aromatic nitrogens is 3. The van der Waals surface area contributed by atoms with E-state index in [9.17, 15) is 24.3 Å². The Bertz CT molecular complexity index is 1540. The van der Waals surface area contributed by atoms with Crippen molar-refractivity contribution in [2.24, 2.45) is 7.05 Å². The molecule has 2 N–H and O–H groups in total. The van der Waals surface area contributed by atoms with E-state index in [4.69, 9.17) is 0 Å². The normalized spacial score (nSPS) is 12.5. The molecule has 0 spiro atoms. The van der Waals surface area contributed by atoms with E-state index >= 15 is 4.39 Å². The van der Waals surface area contributed by atoms with Crippen molar-refractivity contribution in [1.29, 1.82) is 5.26 Å². The number of hydrogen-bond acceptors (Lipinski definition) is 7. The summed E-state index contributed by atoms with van der Waals surface area (Å²) in [5.41, 5.74) is -0.583. The summed E-state index contributed by atoms with van der Waals surface area (Å²) in [4.78, 5) is 29.9. The first-order valence-electron chi connectivity index (χ1n) is 10.7. The highest BCUT2D eigenvalue weighted by molar-refractivity contribution is 6.04. The van der Waals surface area contributed by atoms with Crippen LogP contribution in [0.1, 0.15) is 51.8 Å². The summed E-state index contributed by atoms with van der Waals surface area (Å²) in [5.74, 6) is -5.12. The molecular formula is C25H19F2N5O4. The number of anilines is 1. The summed E-state index contributed by atoms with van der Waals surface area (Å²) in [6.45, 7) is 1.63. The van der Waals surface area contributed by atoms with E-state index in [0.717, 1.165) is 23.0 Å². The quantitative estimate of drug-likeness (QED) is 0.419. The lowest BCUT2D eigenvalue weighted by atomic mass is 9.79. The van der Waals surface area contributed by atoms with Crippen LogP contribution in [-0.2, 0) is 7.05 Å². The van der Waals surface area contributed by atoms with E-state index in [0.29, 0.717) is 5.56 Å². The Morgan fingerprint density at radius 3 is 2.64 bits per heavy atom. The van der Waals surface area contributed by atoms with Crippen LogP contribution >= 0.6 is 0 Å². The topological polar surface area (TPSA) is 134 Å². The van der Waals surface area contributed by atoms with Crippen molar-refractivity contribution in [1.82, 2.24) is 14.7 Å². The number of rotatable bonds is 6. The van der Waals surface area contributed by atoms with Gasteiger partial charge in [-0.2, -0.15) is 5.26 Å². The summed E-state index contributed by atoms with van der Waals surface area (Å²) in [6, 6.07) is 11.6. The van der Waals surface area contributed by atoms with Crippen LogP contribution in [0.5, 0.6) is 5.75 Å². The Kier molecular flexibility index (Phi) is 6.60. The highest BCUT2D eigenvalue weighted by Gasteiger charge is 2.32. The second-order valence-electron chi connectivity index (χ2n) is 8.03. The van der Waals surface area contributed by atoms with Crippen LogP contribution < -0.4 is 10.9 Å². The highest BCUT2D eigenvalue weighted by Crippen LogP contribution is 2.40. The average Bonchev–Trinajstić information content (AvgIpc) is 3.37. The van der Waals surface area contributed by atoms with E-state index in [1.165, 1.54) is 19.3 Å². The van der Waals surface area contributed by atoms with Gasteiger partial charge < -0.3 is 14.9 Å². The lowest BCUT2D eigenvalue weighted by Gasteiger charge is -2.27. The number of nitrogens with zero attached hydrogens (tertiary/aromatic N) is 4. The van der Waals surface area contributed by atoms with Crippen LogP contribution in [0, 0.1) is 23.0 Å². The maximum Gasteiger partial charge on any atom is 0.296 e. The van der Waals surface area contributed by atoms with Gasteiger partial charge in [0.1, 0.15) is 29.4 Å². The molecule has 2 heterocycles. The van der Waals surface area contributed by atoms with Gasteiger partial charge in [-0.3, -0.25) is 14.2 Å². The fraction of sp³-hybridized carbons (Fsp3) is 0.160. The Labute approximate surface area is 203 Å². The van der Waals surface area contributed by atoms with Gasteiger partial charge in [-0.15, -0.1) is 0 Å². The number of halogens is 2. The van der Waals surface area contributed by atoms with Gasteiger partial charge in [0, 0.05) is 24.9 Å². The summed E-state index contributed by atoms with van der Waals surface area (Å²) < 4.78 is 34.4. The summed E-state index contributed by atoms with van der Waals surface area (Å²) in [6.07, 6.45) is 2.36. The maximum absolute atomic E-state index is 15.0. The molecule has 0 unspecified atom stereocenters. The zero-order valence-electron chi connectivity index (χ0n) is 19.1. The third-order valence-electron chi connectivity index (χ3n) is 5.83. The zero-order valence-corrected chi connectivity index (χ0v) is 19.1. The van der Waals surface area contributed by atoms with Gasteiger partial charge in [0.15, 0.2) is 5.69 Å². The number of nitriles is 1. The molecule has 11 heteroatoms. The molecular weight excluding hydrogens is 472 g/mol. The maximum atomic E-state index is 15.0. The fourth-order valence-corrected chi connectivity index (χ4v) is 4.11. The molecule has 0 fully saturated rings. The summed E-state index contributed by atoms with van der Waals surface area (Å²) >= 11 is 0. The molecule has 182 valence electrons. The number of aromatic hydroxyl groups is 1. The molecule has 2 aromatic carbocycles. The molecule has 0 aliphatic rings. The van der Waals surface area contributed by atoms with Crippen molar-refractivity contribution < 1.29 is 23.2 Å². The first-order valence-corrected chi connectivity index (χ1v) is 10.7. The Balaban J connectivity index is 1.90. The van der Waals surface area contributed by atoms with Gasteiger partial charge >= 0.3 is 0 Å². The van der Waals surface area contributed by atoms with Gasteiger partial charge in [0.05, 0.1) is 17.8 Å². The number of hydrogen-bond donors (Lipinski definition) is 2. The van der Waals surface area contributed by atoms with Gasteiger partial charge in [-0.1, -0.05) is 36.3 Å². The van der Waals surface area contributed by atoms with Gasteiger partial charge in [0.25, 0.3) is 11.5 Å². The largest absolute Gasteiger partial charge is 0.501 e. The van der Waals surface area contributed by atoms with Crippen LogP contribution in [0.4, 0.5) is 14.5 Å². The van der Waals surface area contributed by atoms with Crippen molar-refractivity contribution >= 4 is 11.6 Å². The summed E-state index contributed by atoms with van der Waals surface area (Å²) in [5, 5.41) is 25.9. The molecule has 0 saturated heterocycles. The third-order valence-corrected chi connectivity index (χ3v) is 5.83. The molecule has 2 atom stereocenters. The predicted molar refractivity (Wildman–Crippen MR) is 123 cm³/mol. The number of carbonyl (C=O) groups is 1. The monoisotopic (exact) mass is 491 g/mol. The van der Waals surface area contributed by atoms with Gasteiger partial charge in [0.2, 0.25) is 5.75 Å². The van der Waals surface area contributed by atoms with E-state index in [1.54, 1.807) is 31.2 Å². The lowest BCUT2D eigenvalue weighted by Crippen LogP contribution is -2.29. The minimum absolute atomic E-state index is 0.0229. The zero-order chi connectivity index (χ0) is 26.0. The molecule has 2 aromatic heterocycles. The van der Waals surface area contributed by atoms with E-state index < -0.39 is 46.4 Å². The SMILES string of the molecule is C[C@@H](c1nc(C(=O)Nc2cnoc2)c(O)c(=O)n1C)[C@@H](c1ccc(F)cc1F)c1ccccc1C#N. The van der Waals surface area contributed by atoms with Crippen LogP contribution in [0.25, 0.3) is 0 Å². The summed E-state index contributed by atoms with van der Waals surface area (Å²) in [7, 11) is 1.34. The molecule has 9 nitrogen and oxygen atoms in total. The predicted octanol–water partition coefficient (Wildman–Crippen LogP) is 3.81. The second kappa shape index (κ2) is 9.79. The molecule has 0 aliphatic heterocycles. The molecule has 36 heavy (non-hydrogen) atoms. The number of benzene rings is 2. The molecule has 0 saturated carbocycles. The van der Waals surface area contributed by atoms with E-state index in [-0.39, 0.29) is 22.6 Å². The molecule has 4 rings (SSSR count). The van der Waals surface area contributed by atoms with E-state index in [1.807, 2.05) is 0 Å². The second-order valence-corrected chi connectivity index (χ2v) is 8.03. The number of carbonyl (C=O) groups excluding carboxylic acids is 1. The minimum Gasteiger partial charge on any atom is -0.501 e. The van der Waals surface area contributed by atoms with Crippen molar-refractivity contribution in [3.8, 4) is 11.8 Å². The number of amides is 1. The average molecular weight is 491 g/mol. The Morgan fingerprint density at radius 1 is 1.22 bits per heavy atom. The lowest BCUT2D eigenvalue weighted by molar-refractivity contribution is 0.101. The smallest absolute Gasteiger partial charge is 0.296 e. The molecule has 4 aromatic rings. The van der Waals surface area contributed by atoms with Crippen LogP contribution in [0.2, 0.25) is 0 Å². The first-order chi connectivity index (χ1) is 17.2. The van der Waals surface area contributed by atoms with Crippen LogP contribution in [0.3, 0.4) is 0 Å². The third kappa shape index (κ3) is 4.44. The Morgan fingerprint density at radius 2 is 1.97 bits per heavy atom. The molecule has 1 amide bonds. The van der Waals surface area contributed by atoms with Crippen LogP contribution in [0.15, 0.2) is 64.2 Å². The standard InChI is InChI=1S/C25H19F2N5O4/c1-13(20(17-6-4-3-5-14(17)10-28)18-8-7-15(26)9-19(18)27)23-31-21(22(33)25(35)32(23)2)24(34)30-16-11-29-36-12-16/h3-9,11-13,20,33H,1-2H3,(H,30,34)/t13-,20-/m1/s1.